The summed E-state index contributed by atoms with van der Waals surface area (Å²) in [6, 6.07) is 2.16. The van der Waals surface area contributed by atoms with Gasteiger partial charge in [-0.3, -0.25) is 4.79 Å². The van der Waals surface area contributed by atoms with Crippen LogP contribution in [-0.4, -0.2) is 48.4 Å². The van der Waals surface area contributed by atoms with Crippen molar-refractivity contribution in [1.29, 1.82) is 0 Å². The Morgan fingerprint density at radius 2 is 1.95 bits per heavy atom. The Morgan fingerprint density at radius 3 is 2.63 bits per heavy atom. The molecule has 0 unspecified atom stereocenters. The molecule has 2 aliphatic rings. The number of likely N-dealkylation sites (N-methyl/N-ethyl adjacent to an activating group) is 1. The molecule has 0 aromatic carbocycles. The van der Waals surface area contributed by atoms with Gasteiger partial charge in [-0.2, -0.15) is 0 Å². The van der Waals surface area contributed by atoms with Gasteiger partial charge in [0.15, 0.2) is 0 Å². The number of amides is 1. The van der Waals surface area contributed by atoms with Crippen LogP contribution < -0.4 is 0 Å². The highest BCUT2D eigenvalue weighted by atomic mass is 32.1. The summed E-state index contributed by atoms with van der Waals surface area (Å²) in [5, 5.41) is 0. The van der Waals surface area contributed by atoms with Crippen molar-refractivity contribution in [3.8, 4) is 0 Å². The van der Waals surface area contributed by atoms with Crippen molar-refractivity contribution in [2.75, 3.05) is 32.7 Å². The number of carbonyl (C=O) groups is 1. The van der Waals surface area contributed by atoms with Crippen molar-refractivity contribution < 1.29 is 4.79 Å². The lowest BCUT2D eigenvalue weighted by Gasteiger charge is -2.33. The van der Waals surface area contributed by atoms with Gasteiger partial charge in [0.1, 0.15) is 0 Å². The van der Waals surface area contributed by atoms with Gasteiger partial charge in [0.2, 0.25) is 0 Å². The third kappa shape index (κ3) is 2.70. The molecule has 1 aromatic rings. The van der Waals surface area contributed by atoms with E-state index in [1.165, 1.54) is 36.1 Å². The maximum atomic E-state index is 12.5. The topological polar surface area (TPSA) is 23.6 Å². The van der Waals surface area contributed by atoms with Crippen LogP contribution in [0.4, 0.5) is 0 Å². The molecule has 3 nitrogen and oxygen atoms in total. The van der Waals surface area contributed by atoms with Crippen molar-refractivity contribution in [3.05, 3.63) is 21.4 Å². The standard InChI is InChI=1S/C15H22N2OS/c1-2-16-7-9-17(10-8-16)15(18)14-11-12-5-3-4-6-13(12)19-14/h11H,2-10H2,1H3. The molecule has 0 saturated carbocycles. The summed E-state index contributed by atoms with van der Waals surface area (Å²) in [7, 11) is 0. The summed E-state index contributed by atoms with van der Waals surface area (Å²) in [6.45, 7) is 7.09. The molecule has 0 N–H and O–H groups in total. The maximum absolute atomic E-state index is 12.5. The van der Waals surface area contributed by atoms with E-state index in [9.17, 15) is 4.79 Å². The van der Waals surface area contributed by atoms with Crippen LogP contribution in [0.5, 0.6) is 0 Å². The second-order valence-electron chi connectivity index (χ2n) is 5.49. The zero-order valence-electron chi connectivity index (χ0n) is 11.7. The van der Waals surface area contributed by atoms with Gasteiger partial charge in [-0.25, -0.2) is 0 Å². The molecule has 104 valence electrons. The van der Waals surface area contributed by atoms with E-state index >= 15 is 0 Å². The molecule has 1 aromatic heterocycles. The van der Waals surface area contributed by atoms with Crippen LogP contribution in [0.25, 0.3) is 0 Å². The van der Waals surface area contributed by atoms with Crippen LogP contribution in [0.15, 0.2) is 6.07 Å². The first-order valence-corrected chi connectivity index (χ1v) is 8.23. The van der Waals surface area contributed by atoms with Crippen LogP contribution >= 0.6 is 11.3 Å². The van der Waals surface area contributed by atoms with Gasteiger partial charge in [-0.1, -0.05) is 6.92 Å². The van der Waals surface area contributed by atoms with Gasteiger partial charge < -0.3 is 9.80 Å². The van der Waals surface area contributed by atoms with E-state index < -0.39 is 0 Å². The number of nitrogens with zero attached hydrogens (tertiary/aromatic N) is 2. The molecule has 0 radical (unpaired) electrons. The summed E-state index contributed by atoms with van der Waals surface area (Å²) in [6.07, 6.45) is 4.92. The van der Waals surface area contributed by atoms with Gasteiger partial charge in [-0.15, -0.1) is 11.3 Å². The summed E-state index contributed by atoms with van der Waals surface area (Å²) in [5.74, 6) is 0.259. The van der Waals surface area contributed by atoms with Gasteiger partial charge >= 0.3 is 0 Å². The van der Waals surface area contributed by atoms with Crippen molar-refractivity contribution in [2.45, 2.75) is 32.6 Å². The Morgan fingerprint density at radius 1 is 1.21 bits per heavy atom. The van der Waals surface area contributed by atoms with E-state index in [0.717, 1.165) is 37.6 Å². The molecular formula is C15H22N2OS. The highest BCUT2D eigenvalue weighted by Gasteiger charge is 2.24. The second-order valence-corrected chi connectivity index (χ2v) is 6.63. The Balaban J connectivity index is 1.68. The number of carbonyl (C=O) groups excluding carboxylic acids is 1. The molecule has 1 fully saturated rings. The van der Waals surface area contributed by atoms with E-state index in [1.54, 1.807) is 11.3 Å². The predicted molar refractivity (Wildman–Crippen MR) is 79.0 cm³/mol. The van der Waals surface area contributed by atoms with Crippen LogP contribution in [0.1, 0.15) is 39.9 Å². The first-order chi connectivity index (χ1) is 9.28. The van der Waals surface area contributed by atoms with E-state index in [2.05, 4.69) is 17.9 Å². The lowest BCUT2D eigenvalue weighted by Crippen LogP contribution is -2.48. The van der Waals surface area contributed by atoms with Crippen LogP contribution in [0.2, 0.25) is 0 Å². The fourth-order valence-corrected chi connectivity index (χ4v) is 4.24. The predicted octanol–water partition coefficient (Wildman–Crippen LogP) is 2.40. The molecule has 4 heteroatoms. The van der Waals surface area contributed by atoms with E-state index in [0.29, 0.717) is 0 Å². The third-order valence-electron chi connectivity index (χ3n) is 4.31. The Kier molecular flexibility index (Phi) is 3.89. The number of hydrogen-bond acceptors (Lipinski definition) is 3. The van der Waals surface area contributed by atoms with Crippen molar-refractivity contribution >= 4 is 17.2 Å². The molecule has 2 heterocycles. The van der Waals surface area contributed by atoms with Crippen LogP contribution in [0, 0.1) is 0 Å². The summed E-state index contributed by atoms with van der Waals surface area (Å²) in [4.78, 5) is 19.4. The third-order valence-corrected chi connectivity index (χ3v) is 5.54. The molecule has 1 saturated heterocycles. The fraction of sp³-hybridized carbons (Fsp3) is 0.667. The second kappa shape index (κ2) is 5.63. The van der Waals surface area contributed by atoms with Crippen LogP contribution in [-0.2, 0) is 12.8 Å². The van der Waals surface area contributed by atoms with Gasteiger partial charge in [0.05, 0.1) is 4.88 Å². The lowest BCUT2D eigenvalue weighted by molar-refractivity contribution is 0.0648. The molecule has 0 bridgehead atoms. The molecule has 1 aliphatic heterocycles. The molecule has 19 heavy (non-hydrogen) atoms. The Hall–Kier alpha value is -0.870. The first-order valence-electron chi connectivity index (χ1n) is 7.41. The number of fused-ring (bicyclic) bond motifs is 1. The molecule has 0 atom stereocenters. The number of aryl methyl sites for hydroxylation is 2. The average Bonchev–Trinajstić information content (AvgIpc) is 2.90. The molecule has 1 aliphatic carbocycles. The number of piperazine rings is 1. The molecular weight excluding hydrogens is 256 g/mol. The minimum Gasteiger partial charge on any atom is -0.335 e. The van der Waals surface area contributed by atoms with Gasteiger partial charge in [0.25, 0.3) is 5.91 Å². The molecule has 3 rings (SSSR count). The fourth-order valence-electron chi connectivity index (χ4n) is 3.02. The van der Waals surface area contributed by atoms with Gasteiger partial charge in [-0.05, 0) is 43.9 Å². The monoisotopic (exact) mass is 278 g/mol. The molecule has 0 spiro atoms. The zero-order valence-corrected chi connectivity index (χ0v) is 12.5. The maximum Gasteiger partial charge on any atom is 0.264 e. The molecule has 1 amide bonds. The van der Waals surface area contributed by atoms with Gasteiger partial charge in [0, 0.05) is 31.1 Å². The van der Waals surface area contributed by atoms with E-state index in [1.807, 2.05) is 4.90 Å². The summed E-state index contributed by atoms with van der Waals surface area (Å²) < 4.78 is 0. The van der Waals surface area contributed by atoms with Crippen molar-refractivity contribution in [1.82, 2.24) is 9.80 Å². The highest BCUT2D eigenvalue weighted by Crippen LogP contribution is 2.30. The van der Waals surface area contributed by atoms with E-state index in [-0.39, 0.29) is 5.91 Å². The quantitative estimate of drug-likeness (QED) is 0.829. The average molecular weight is 278 g/mol. The Labute approximate surface area is 119 Å². The number of rotatable bonds is 2. The summed E-state index contributed by atoms with van der Waals surface area (Å²) >= 11 is 1.74. The smallest absolute Gasteiger partial charge is 0.264 e. The zero-order chi connectivity index (χ0) is 13.2. The number of thiophene rings is 1. The first kappa shape index (κ1) is 13.1. The van der Waals surface area contributed by atoms with Crippen molar-refractivity contribution in [3.63, 3.8) is 0 Å². The van der Waals surface area contributed by atoms with Crippen LogP contribution in [0.3, 0.4) is 0 Å². The largest absolute Gasteiger partial charge is 0.335 e. The minimum atomic E-state index is 0.259. The highest BCUT2D eigenvalue weighted by molar-refractivity contribution is 7.14. The minimum absolute atomic E-state index is 0.259. The normalized spacial score (nSPS) is 20.4. The number of hydrogen-bond donors (Lipinski definition) is 0. The van der Waals surface area contributed by atoms with Crippen molar-refractivity contribution in [2.24, 2.45) is 0 Å². The summed E-state index contributed by atoms with van der Waals surface area (Å²) in [5.41, 5.74) is 1.44. The SMILES string of the molecule is CCN1CCN(C(=O)c2cc3c(s2)CCCC3)CC1. The lowest BCUT2D eigenvalue weighted by atomic mass is 9.99. The van der Waals surface area contributed by atoms with E-state index in [4.69, 9.17) is 0 Å². The Bertz CT molecular complexity index is 437.